The monoisotopic (exact) mass is 307 g/mol. The SMILES string of the molecule is C1=CC2=C(C1)C1=C(CC=C1)N1c3ccccc3-c3ccccc3C21. The summed E-state index contributed by atoms with van der Waals surface area (Å²) < 4.78 is 0. The van der Waals surface area contributed by atoms with E-state index < -0.39 is 0 Å². The molecule has 1 nitrogen and oxygen atoms in total. The van der Waals surface area contributed by atoms with Crippen molar-refractivity contribution in [3.8, 4) is 11.1 Å². The zero-order valence-electron chi connectivity index (χ0n) is 13.4. The van der Waals surface area contributed by atoms with E-state index in [1.165, 1.54) is 44.8 Å². The van der Waals surface area contributed by atoms with Crippen LogP contribution in [0.5, 0.6) is 0 Å². The number of allylic oxidation sites excluding steroid dienone is 5. The molecule has 2 aromatic rings. The first-order chi connectivity index (χ1) is 11.9. The lowest BCUT2D eigenvalue weighted by Crippen LogP contribution is -2.35. The lowest BCUT2D eigenvalue weighted by molar-refractivity contribution is 0.738. The van der Waals surface area contributed by atoms with Gasteiger partial charge in [0.15, 0.2) is 0 Å². The Labute approximate surface area is 141 Å². The molecule has 114 valence electrons. The van der Waals surface area contributed by atoms with Crippen molar-refractivity contribution in [2.45, 2.75) is 18.9 Å². The minimum absolute atomic E-state index is 0.323. The minimum Gasteiger partial charge on any atom is -0.332 e. The predicted octanol–water partition coefficient (Wildman–Crippen LogP) is 5.70. The normalized spacial score (nSPS) is 22.3. The van der Waals surface area contributed by atoms with Crippen molar-refractivity contribution in [1.82, 2.24) is 0 Å². The van der Waals surface area contributed by atoms with E-state index in [1.54, 1.807) is 0 Å². The molecule has 1 heteroatoms. The molecule has 2 aromatic carbocycles. The average molecular weight is 307 g/mol. The largest absolute Gasteiger partial charge is 0.332 e. The van der Waals surface area contributed by atoms with Crippen molar-refractivity contribution < 1.29 is 0 Å². The Morgan fingerprint density at radius 3 is 2.54 bits per heavy atom. The highest BCUT2D eigenvalue weighted by atomic mass is 15.2. The highest BCUT2D eigenvalue weighted by Gasteiger charge is 2.41. The summed E-state index contributed by atoms with van der Waals surface area (Å²) in [6.45, 7) is 0. The molecule has 0 fully saturated rings. The van der Waals surface area contributed by atoms with Crippen LogP contribution in [-0.2, 0) is 0 Å². The average Bonchev–Trinajstić information content (AvgIpc) is 3.30. The fourth-order valence-electron chi connectivity index (χ4n) is 4.82. The topological polar surface area (TPSA) is 3.24 Å². The summed E-state index contributed by atoms with van der Waals surface area (Å²) in [5.41, 5.74) is 11.5. The molecule has 6 rings (SSSR count). The number of hydrogen-bond acceptors (Lipinski definition) is 1. The number of anilines is 1. The molecule has 0 radical (unpaired) electrons. The molecule has 0 amide bonds. The van der Waals surface area contributed by atoms with E-state index in [0.29, 0.717) is 6.04 Å². The van der Waals surface area contributed by atoms with Gasteiger partial charge in [0.05, 0.1) is 6.04 Å². The van der Waals surface area contributed by atoms with Crippen LogP contribution in [0.2, 0.25) is 0 Å². The number of fused-ring (bicyclic) bond motifs is 9. The smallest absolute Gasteiger partial charge is 0.0851 e. The van der Waals surface area contributed by atoms with Crippen LogP contribution in [0.1, 0.15) is 24.4 Å². The van der Waals surface area contributed by atoms with E-state index in [9.17, 15) is 0 Å². The Morgan fingerprint density at radius 1 is 0.792 bits per heavy atom. The van der Waals surface area contributed by atoms with E-state index in [2.05, 4.69) is 77.7 Å². The molecule has 0 spiro atoms. The molecule has 0 saturated heterocycles. The Kier molecular flexibility index (Phi) is 2.30. The maximum absolute atomic E-state index is 2.60. The van der Waals surface area contributed by atoms with Crippen molar-refractivity contribution in [3.05, 3.63) is 101 Å². The van der Waals surface area contributed by atoms with Gasteiger partial charge < -0.3 is 4.90 Å². The Bertz CT molecular complexity index is 1020. The van der Waals surface area contributed by atoms with Gasteiger partial charge in [-0.05, 0) is 40.3 Å². The maximum Gasteiger partial charge on any atom is 0.0851 e. The molecule has 2 heterocycles. The second-order valence-electron chi connectivity index (χ2n) is 6.88. The van der Waals surface area contributed by atoms with Gasteiger partial charge in [-0.1, -0.05) is 66.8 Å². The van der Waals surface area contributed by atoms with E-state index >= 15 is 0 Å². The van der Waals surface area contributed by atoms with Crippen molar-refractivity contribution in [3.63, 3.8) is 0 Å². The summed E-state index contributed by atoms with van der Waals surface area (Å²) in [6, 6.07) is 18.1. The van der Waals surface area contributed by atoms with Gasteiger partial charge in [0.2, 0.25) is 0 Å². The summed E-state index contributed by atoms with van der Waals surface area (Å²) in [5, 5.41) is 0. The van der Waals surface area contributed by atoms with Gasteiger partial charge in [-0.3, -0.25) is 0 Å². The number of benzene rings is 2. The number of para-hydroxylation sites is 1. The van der Waals surface area contributed by atoms with E-state index in [4.69, 9.17) is 0 Å². The van der Waals surface area contributed by atoms with Crippen LogP contribution in [0.4, 0.5) is 5.69 Å². The zero-order valence-corrected chi connectivity index (χ0v) is 13.4. The van der Waals surface area contributed by atoms with Gasteiger partial charge in [-0.2, -0.15) is 0 Å². The summed E-state index contributed by atoms with van der Waals surface area (Å²) in [4.78, 5) is 2.60. The van der Waals surface area contributed by atoms with Gasteiger partial charge in [0, 0.05) is 23.4 Å². The van der Waals surface area contributed by atoms with Crippen LogP contribution in [0.25, 0.3) is 11.1 Å². The van der Waals surface area contributed by atoms with Crippen LogP contribution < -0.4 is 4.90 Å². The molecule has 4 aliphatic rings. The van der Waals surface area contributed by atoms with Crippen molar-refractivity contribution >= 4 is 5.69 Å². The summed E-state index contributed by atoms with van der Waals surface area (Å²) >= 11 is 0. The highest BCUT2D eigenvalue weighted by molar-refractivity contribution is 5.89. The number of hydrogen-bond donors (Lipinski definition) is 0. The van der Waals surface area contributed by atoms with Crippen molar-refractivity contribution in [1.29, 1.82) is 0 Å². The van der Waals surface area contributed by atoms with Gasteiger partial charge in [0.25, 0.3) is 0 Å². The van der Waals surface area contributed by atoms with E-state index in [0.717, 1.165) is 12.8 Å². The second kappa shape index (κ2) is 4.39. The molecule has 0 saturated carbocycles. The van der Waals surface area contributed by atoms with Gasteiger partial charge in [-0.15, -0.1) is 0 Å². The molecular weight excluding hydrogens is 290 g/mol. The lowest BCUT2D eigenvalue weighted by atomic mass is 9.80. The third-order valence-electron chi connectivity index (χ3n) is 5.75. The van der Waals surface area contributed by atoms with Crippen LogP contribution in [0.15, 0.2) is 95.3 Å². The number of nitrogens with zero attached hydrogens (tertiary/aromatic N) is 1. The zero-order chi connectivity index (χ0) is 15.7. The standard InChI is InChI=1S/C23H17N/c1-2-9-19-15(7-1)17-8-3-4-13-21(17)24-22-14-6-11-18(22)16-10-5-12-20(16)23(19)24/h1-9,11-13,23H,10,14H2. The molecule has 0 bridgehead atoms. The van der Waals surface area contributed by atoms with Crippen molar-refractivity contribution in [2.75, 3.05) is 4.90 Å². The van der Waals surface area contributed by atoms with E-state index in [1.807, 2.05) is 0 Å². The lowest BCUT2D eigenvalue weighted by Gasteiger charge is -2.45. The molecule has 2 aliphatic heterocycles. The maximum atomic E-state index is 2.60. The van der Waals surface area contributed by atoms with Gasteiger partial charge in [0.1, 0.15) is 0 Å². The molecule has 1 atom stereocenters. The van der Waals surface area contributed by atoms with Gasteiger partial charge >= 0.3 is 0 Å². The molecule has 0 aromatic heterocycles. The third kappa shape index (κ3) is 1.41. The van der Waals surface area contributed by atoms with Gasteiger partial charge in [-0.25, -0.2) is 0 Å². The molecule has 24 heavy (non-hydrogen) atoms. The first-order valence-electron chi connectivity index (χ1n) is 8.71. The van der Waals surface area contributed by atoms with Crippen molar-refractivity contribution in [2.24, 2.45) is 0 Å². The molecule has 0 N–H and O–H groups in total. The quantitative estimate of drug-likeness (QED) is 0.603. The predicted molar refractivity (Wildman–Crippen MR) is 98.7 cm³/mol. The fourth-order valence-corrected chi connectivity index (χ4v) is 4.82. The minimum atomic E-state index is 0.323. The Morgan fingerprint density at radius 2 is 1.58 bits per heavy atom. The van der Waals surface area contributed by atoms with E-state index in [-0.39, 0.29) is 0 Å². The Hall–Kier alpha value is -2.80. The molecular formula is C23H17N. The first-order valence-corrected chi connectivity index (χ1v) is 8.71. The van der Waals surface area contributed by atoms with Crippen LogP contribution in [0, 0.1) is 0 Å². The summed E-state index contributed by atoms with van der Waals surface area (Å²) in [5.74, 6) is 0. The Balaban J connectivity index is 1.72. The number of rotatable bonds is 0. The van der Waals surface area contributed by atoms with Crippen LogP contribution in [-0.4, -0.2) is 0 Å². The second-order valence-corrected chi connectivity index (χ2v) is 6.88. The van der Waals surface area contributed by atoms with Crippen LogP contribution in [0.3, 0.4) is 0 Å². The summed E-state index contributed by atoms with van der Waals surface area (Å²) in [7, 11) is 0. The third-order valence-corrected chi connectivity index (χ3v) is 5.75. The first kappa shape index (κ1) is 12.6. The van der Waals surface area contributed by atoms with Crippen LogP contribution >= 0.6 is 0 Å². The highest BCUT2D eigenvalue weighted by Crippen LogP contribution is 2.55. The molecule has 1 unspecified atom stereocenters. The fraction of sp³-hybridized carbons (Fsp3) is 0.130. The summed E-state index contributed by atoms with van der Waals surface area (Å²) in [6.07, 6.45) is 11.4. The molecule has 2 aliphatic carbocycles.